The summed E-state index contributed by atoms with van der Waals surface area (Å²) >= 11 is 0. The van der Waals surface area contributed by atoms with Crippen molar-refractivity contribution in [3.05, 3.63) is 23.3 Å². The molecular weight excluding hydrogens is 276 g/mol. The Balaban J connectivity index is 0.00000112. The van der Waals surface area contributed by atoms with E-state index in [-0.39, 0.29) is 0 Å². The summed E-state index contributed by atoms with van der Waals surface area (Å²) in [5, 5.41) is 0. The predicted molar refractivity (Wildman–Crippen MR) is 108 cm³/mol. The lowest BCUT2D eigenvalue weighted by atomic mass is 9.74. The van der Waals surface area contributed by atoms with Crippen LogP contribution in [0, 0.1) is 17.3 Å². The molecule has 2 saturated carbocycles. The molecule has 2 rings (SSSR count). The molecule has 3 atom stereocenters. The summed E-state index contributed by atoms with van der Waals surface area (Å²) in [4.78, 5) is 0. The van der Waals surface area contributed by atoms with E-state index in [1.165, 1.54) is 56.9 Å². The van der Waals surface area contributed by atoms with Gasteiger partial charge in [0.2, 0.25) is 0 Å². The van der Waals surface area contributed by atoms with Crippen LogP contribution in [0.5, 0.6) is 0 Å². The SMILES string of the molecule is C=C1C(=C(C)CC)CCC2CC(C)(CCCC)CC12.CC.CC. The van der Waals surface area contributed by atoms with Crippen LogP contribution < -0.4 is 0 Å². The van der Waals surface area contributed by atoms with E-state index in [2.05, 4.69) is 34.3 Å². The van der Waals surface area contributed by atoms with Crippen LogP contribution in [-0.4, -0.2) is 0 Å². The third kappa shape index (κ3) is 5.80. The second-order valence-corrected chi connectivity index (χ2v) is 7.37. The Labute approximate surface area is 147 Å². The van der Waals surface area contributed by atoms with Crippen LogP contribution in [-0.2, 0) is 0 Å². The van der Waals surface area contributed by atoms with Crippen molar-refractivity contribution in [3.63, 3.8) is 0 Å². The van der Waals surface area contributed by atoms with Gasteiger partial charge in [0, 0.05) is 0 Å². The Morgan fingerprint density at radius 2 is 1.74 bits per heavy atom. The number of fused-ring (bicyclic) bond motifs is 1. The molecule has 0 nitrogen and oxygen atoms in total. The van der Waals surface area contributed by atoms with Gasteiger partial charge >= 0.3 is 0 Å². The number of rotatable bonds is 4. The van der Waals surface area contributed by atoms with Crippen LogP contribution in [0.2, 0.25) is 0 Å². The standard InChI is InChI=1S/C19H32.2C2H6/c1-6-8-11-19(5)12-16-9-10-17(14(3)7-2)15(4)18(16)13-19;2*1-2/h16,18H,4,6-13H2,1-3,5H3;2*1-2H3. The summed E-state index contributed by atoms with van der Waals surface area (Å²) in [6, 6.07) is 0. The molecule has 136 valence electrons. The maximum absolute atomic E-state index is 4.50. The Bertz CT molecular complexity index is 373. The first-order chi connectivity index (χ1) is 11.0. The summed E-state index contributed by atoms with van der Waals surface area (Å²) in [5.74, 6) is 1.73. The van der Waals surface area contributed by atoms with Gasteiger partial charge in [0.1, 0.15) is 0 Å². The minimum Gasteiger partial charge on any atom is -0.0953 e. The molecule has 0 spiro atoms. The largest absolute Gasteiger partial charge is 0.0953 e. The molecule has 23 heavy (non-hydrogen) atoms. The molecule has 0 aliphatic heterocycles. The van der Waals surface area contributed by atoms with Crippen LogP contribution in [0.25, 0.3) is 0 Å². The summed E-state index contributed by atoms with van der Waals surface area (Å²) in [7, 11) is 0. The number of hydrogen-bond donors (Lipinski definition) is 0. The number of unbranched alkanes of at least 4 members (excludes halogenated alkanes) is 1. The highest BCUT2D eigenvalue weighted by atomic mass is 14.5. The fourth-order valence-corrected chi connectivity index (χ4v) is 4.49. The lowest BCUT2D eigenvalue weighted by molar-refractivity contribution is 0.282. The van der Waals surface area contributed by atoms with Crippen molar-refractivity contribution in [1.29, 1.82) is 0 Å². The van der Waals surface area contributed by atoms with Crippen molar-refractivity contribution in [3.8, 4) is 0 Å². The Hall–Kier alpha value is -0.520. The Morgan fingerprint density at radius 1 is 1.13 bits per heavy atom. The normalized spacial score (nSPS) is 31.4. The van der Waals surface area contributed by atoms with Crippen LogP contribution >= 0.6 is 0 Å². The Kier molecular flexibility index (Phi) is 10.9. The maximum atomic E-state index is 4.50. The van der Waals surface area contributed by atoms with Gasteiger partial charge in [-0.2, -0.15) is 0 Å². The van der Waals surface area contributed by atoms with Gasteiger partial charge in [-0.1, -0.05) is 73.5 Å². The first-order valence-electron chi connectivity index (χ1n) is 10.4. The fraction of sp³-hybridized carbons (Fsp3) is 0.826. The molecule has 0 heterocycles. The van der Waals surface area contributed by atoms with Crippen molar-refractivity contribution in [2.45, 2.75) is 107 Å². The van der Waals surface area contributed by atoms with E-state index < -0.39 is 0 Å². The van der Waals surface area contributed by atoms with Gasteiger partial charge in [0.25, 0.3) is 0 Å². The molecule has 0 aromatic heterocycles. The van der Waals surface area contributed by atoms with E-state index >= 15 is 0 Å². The zero-order chi connectivity index (χ0) is 18.0. The Morgan fingerprint density at radius 3 is 2.26 bits per heavy atom. The predicted octanol–water partition coefficient (Wildman–Crippen LogP) is 8.34. The summed E-state index contributed by atoms with van der Waals surface area (Å²) in [6.07, 6.45) is 10.9. The van der Waals surface area contributed by atoms with Gasteiger partial charge in [0.15, 0.2) is 0 Å². The van der Waals surface area contributed by atoms with E-state index in [1.54, 1.807) is 11.1 Å². The zero-order valence-electron chi connectivity index (χ0n) is 17.5. The monoisotopic (exact) mass is 320 g/mol. The van der Waals surface area contributed by atoms with Crippen molar-refractivity contribution in [1.82, 2.24) is 0 Å². The van der Waals surface area contributed by atoms with Crippen LogP contribution in [0.15, 0.2) is 23.3 Å². The molecule has 0 radical (unpaired) electrons. The van der Waals surface area contributed by atoms with Crippen molar-refractivity contribution >= 4 is 0 Å². The van der Waals surface area contributed by atoms with Gasteiger partial charge in [-0.15, -0.1) is 0 Å². The van der Waals surface area contributed by atoms with Gasteiger partial charge in [-0.25, -0.2) is 0 Å². The first kappa shape index (κ1) is 22.5. The van der Waals surface area contributed by atoms with Crippen molar-refractivity contribution < 1.29 is 0 Å². The van der Waals surface area contributed by atoms with Gasteiger partial charge < -0.3 is 0 Å². The molecular formula is C23H44. The van der Waals surface area contributed by atoms with Gasteiger partial charge in [0.05, 0.1) is 0 Å². The molecule has 0 amide bonds. The molecule has 0 aromatic rings. The molecule has 0 bridgehead atoms. The highest BCUT2D eigenvalue weighted by Gasteiger charge is 2.44. The molecule has 3 unspecified atom stereocenters. The molecule has 2 aliphatic rings. The average Bonchev–Trinajstić information content (AvgIpc) is 2.94. The highest BCUT2D eigenvalue weighted by Crippen LogP contribution is 2.56. The molecule has 0 N–H and O–H groups in total. The zero-order valence-corrected chi connectivity index (χ0v) is 17.5. The second-order valence-electron chi connectivity index (χ2n) is 7.37. The third-order valence-electron chi connectivity index (χ3n) is 5.82. The smallest absolute Gasteiger partial charge is 0.0131 e. The third-order valence-corrected chi connectivity index (χ3v) is 5.82. The number of hydrogen-bond acceptors (Lipinski definition) is 0. The van der Waals surface area contributed by atoms with Crippen LogP contribution in [0.1, 0.15) is 107 Å². The fourth-order valence-electron chi connectivity index (χ4n) is 4.49. The van der Waals surface area contributed by atoms with Gasteiger partial charge in [-0.05, 0) is 73.8 Å². The summed E-state index contributed by atoms with van der Waals surface area (Å²) < 4.78 is 0. The van der Waals surface area contributed by atoms with E-state index in [9.17, 15) is 0 Å². The van der Waals surface area contributed by atoms with E-state index in [0.29, 0.717) is 5.41 Å². The molecule has 2 aliphatic carbocycles. The lowest BCUT2D eigenvalue weighted by Crippen LogP contribution is -2.18. The van der Waals surface area contributed by atoms with Crippen LogP contribution in [0.4, 0.5) is 0 Å². The second kappa shape index (κ2) is 11.1. The van der Waals surface area contributed by atoms with Gasteiger partial charge in [-0.3, -0.25) is 0 Å². The first-order valence-corrected chi connectivity index (χ1v) is 10.4. The minimum absolute atomic E-state index is 0.601. The van der Waals surface area contributed by atoms with Crippen molar-refractivity contribution in [2.75, 3.05) is 0 Å². The van der Waals surface area contributed by atoms with E-state index in [0.717, 1.165) is 11.8 Å². The quantitative estimate of drug-likeness (QED) is 0.488. The average molecular weight is 321 g/mol. The lowest BCUT2D eigenvalue weighted by Gasteiger charge is -2.31. The topological polar surface area (TPSA) is 0 Å². The molecule has 0 aromatic carbocycles. The van der Waals surface area contributed by atoms with E-state index in [4.69, 9.17) is 0 Å². The van der Waals surface area contributed by atoms with Crippen molar-refractivity contribution in [2.24, 2.45) is 17.3 Å². The molecule has 2 fully saturated rings. The summed E-state index contributed by atoms with van der Waals surface area (Å²) in [6.45, 7) is 21.9. The maximum Gasteiger partial charge on any atom is -0.0131 e. The van der Waals surface area contributed by atoms with E-state index in [1.807, 2.05) is 27.7 Å². The van der Waals surface area contributed by atoms with Crippen LogP contribution in [0.3, 0.4) is 0 Å². The number of allylic oxidation sites excluding steroid dienone is 3. The summed E-state index contributed by atoms with van der Waals surface area (Å²) in [5.41, 5.74) is 5.33. The molecule has 0 heteroatoms. The minimum atomic E-state index is 0.601. The molecule has 0 saturated heterocycles. The highest BCUT2D eigenvalue weighted by molar-refractivity contribution is 5.38.